The summed E-state index contributed by atoms with van der Waals surface area (Å²) in [5, 5.41) is 2.82. The molecule has 2 aromatic carbocycles. The second-order valence-corrected chi connectivity index (χ2v) is 5.94. The standard InChI is InChI=1S/C20H20N2O4/c1-2-26-20(25)15-8-10-16(11-9-15)21-19(24)18(22-13-12-17(22)23)14-6-4-3-5-7-14/h3-11,18H,2,12-13H2,1H3,(H,21,24)/t18-/m1/s1. The lowest BCUT2D eigenvalue weighted by molar-refractivity contribution is -0.147. The number of anilines is 1. The van der Waals surface area contributed by atoms with Crippen molar-refractivity contribution in [1.29, 1.82) is 0 Å². The largest absolute Gasteiger partial charge is 0.462 e. The van der Waals surface area contributed by atoms with E-state index in [9.17, 15) is 14.4 Å². The SMILES string of the molecule is CCOC(=O)c1ccc(NC(=O)[C@@H](c2ccccc2)N2CCC2=O)cc1. The van der Waals surface area contributed by atoms with Gasteiger partial charge < -0.3 is 15.0 Å². The summed E-state index contributed by atoms with van der Waals surface area (Å²) >= 11 is 0. The topological polar surface area (TPSA) is 75.7 Å². The molecule has 0 unspecified atom stereocenters. The first-order valence-corrected chi connectivity index (χ1v) is 8.52. The van der Waals surface area contributed by atoms with Gasteiger partial charge in [0.2, 0.25) is 5.91 Å². The summed E-state index contributed by atoms with van der Waals surface area (Å²) in [6.45, 7) is 2.61. The number of hydrogen-bond acceptors (Lipinski definition) is 4. The van der Waals surface area contributed by atoms with Crippen molar-refractivity contribution in [1.82, 2.24) is 4.90 Å². The van der Waals surface area contributed by atoms with E-state index in [-0.39, 0.29) is 11.8 Å². The summed E-state index contributed by atoms with van der Waals surface area (Å²) in [6.07, 6.45) is 0.463. The second kappa shape index (κ2) is 7.82. The highest BCUT2D eigenvalue weighted by Gasteiger charge is 2.36. The first-order chi connectivity index (χ1) is 12.6. The molecule has 0 spiro atoms. The fraction of sp³-hybridized carbons (Fsp3) is 0.250. The van der Waals surface area contributed by atoms with Crippen molar-refractivity contribution in [2.75, 3.05) is 18.5 Å². The summed E-state index contributed by atoms with van der Waals surface area (Å²) in [7, 11) is 0. The van der Waals surface area contributed by atoms with Crippen molar-refractivity contribution in [2.45, 2.75) is 19.4 Å². The maximum Gasteiger partial charge on any atom is 0.338 e. The molecule has 0 aliphatic carbocycles. The second-order valence-electron chi connectivity index (χ2n) is 5.94. The van der Waals surface area contributed by atoms with Crippen LogP contribution in [0.5, 0.6) is 0 Å². The molecule has 0 saturated carbocycles. The van der Waals surface area contributed by atoms with Crippen LogP contribution in [0.25, 0.3) is 0 Å². The maximum absolute atomic E-state index is 12.8. The number of likely N-dealkylation sites (tertiary alicyclic amines) is 1. The number of rotatable bonds is 6. The van der Waals surface area contributed by atoms with Crippen LogP contribution in [0.15, 0.2) is 54.6 Å². The van der Waals surface area contributed by atoms with Crippen LogP contribution in [0.3, 0.4) is 0 Å². The van der Waals surface area contributed by atoms with Gasteiger partial charge in [0.1, 0.15) is 6.04 Å². The number of nitrogens with one attached hydrogen (secondary N) is 1. The number of ether oxygens (including phenoxy) is 1. The highest BCUT2D eigenvalue weighted by molar-refractivity contribution is 5.99. The third-order valence-electron chi connectivity index (χ3n) is 4.23. The molecule has 0 radical (unpaired) electrons. The van der Waals surface area contributed by atoms with E-state index in [0.29, 0.717) is 30.8 Å². The van der Waals surface area contributed by atoms with Crippen LogP contribution < -0.4 is 5.32 Å². The Kier molecular flexibility index (Phi) is 5.31. The summed E-state index contributed by atoms with van der Waals surface area (Å²) in [6, 6.07) is 15.0. The summed E-state index contributed by atoms with van der Waals surface area (Å²) in [5.41, 5.74) is 1.74. The summed E-state index contributed by atoms with van der Waals surface area (Å²) in [5.74, 6) is -0.724. The Hall–Kier alpha value is -3.15. The highest BCUT2D eigenvalue weighted by atomic mass is 16.5. The summed E-state index contributed by atoms with van der Waals surface area (Å²) in [4.78, 5) is 38.0. The molecule has 6 heteroatoms. The van der Waals surface area contributed by atoms with E-state index < -0.39 is 12.0 Å². The number of benzene rings is 2. The fourth-order valence-electron chi connectivity index (χ4n) is 2.83. The van der Waals surface area contributed by atoms with Crippen molar-refractivity contribution >= 4 is 23.5 Å². The highest BCUT2D eigenvalue weighted by Crippen LogP contribution is 2.28. The molecule has 1 fully saturated rings. The first-order valence-electron chi connectivity index (χ1n) is 8.52. The average molecular weight is 352 g/mol. The van der Waals surface area contributed by atoms with Crippen molar-refractivity contribution in [3.63, 3.8) is 0 Å². The van der Waals surface area contributed by atoms with E-state index in [1.807, 2.05) is 30.3 Å². The van der Waals surface area contributed by atoms with Crippen LogP contribution in [0.1, 0.15) is 35.3 Å². The molecule has 134 valence electrons. The van der Waals surface area contributed by atoms with Crippen molar-refractivity contribution in [3.05, 3.63) is 65.7 Å². The molecule has 26 heavy (non-hydrogen) atoms. The summed E-state index contributed by atoms with van der Waals surface area (Å²) < 4.78 is 4.94. The zero-order chi connectivity index (χ0) is 18.5. The normalized spacial score (nSPS) is 14.3. The smallest absolute Gasteiger partial charge is 0.338 e. The average Bonchev–Trinajstić information content (AvgIpc) is 2.66. The number of carbonyl (C=O) groups excluding carboxylic acids is 3. The Morgan fingerprint density at radius 1 is 1.12 bits per heavy atom. The van der Waals surface area contributed by atoms with Gasteiger partial charge in [-0.05, 0) is 36.8 Å². The molecule has 0 aromatic heterocycles. The fourth-order valence-corrected chi connectivity index (χ4v) is 2.83. The molecule has 1 saturated heterocycles. The zero-order valence-electron chi connectivity index (χ0n) is 14.5. The number of β-lactam (4-membered cyclic amide) rings is 1. The van der Waals surface area contributed by atoms with Crippen molar-refractivity contribution in [3.8, 4) is 0 Å². The van der Waals surface area contributed by atoms with Crippen LogP contribution in [-0.2, 0) is 14.3 Å². The lowest BCUT2D eigenvalue weighted by atomic mass is 10.00. The van der Waals surface area contributed by atoms with Gasteiger partial charge in [0.25, 0.3) is 5.91 Å². The Labute approximate surface area is 151 Å². The number of nitrogens with zero attached hydrogens (tertiary/aromatic N) is 1. The van der Waals surface area contributed by atoms with E-state index in [1.54, 1.807) is 36.1 Å². The Balaban J connectivity index is 1.76. The third-order valence-corrected chi connectivity index (χ3v) is 4.23. The Morgan fingerprint density at radius 3 is 2.35 bits per heavy atom. The molecule has 1 atom stereocenters. The molecule has 3 rings (SSSR count). The van der Waals surface area contributed by atoms with Gasteiger partial charge in [-0.25, -0.2) is 4.79 Å². The lowest BCUT2D eigenvalue weighted by Gasteiger charge is -2.37. The maximum atomic E-state index is 12.8. The van der Waals surface area contributed by atoms with Gasteiger partial charge in [0.15, 0.2) is 0 Å². The van der Waals surface area contributed by atoms with Crippen molar-refractivity contribution in [2.24, 2.45) is 0 Å². The molecule has 1 N–H and O–H groups in total. The first kappa shape index (κ1) is 17.7. The minimum atomic E-state index is -0.665. The monoisotopic (exact) mass is 352 g/mol. The Bertz CT molecular complexity index is 802. The Morgan fingerprint density at radius 2 is 1.81 bits per heavy atom. The van der Waals surface area contributed by atoms with E-state index in [4.69, 9.17) is 4.74 Å². The molecule has 0 bridgehead atoms. The molecule has 2 aromatic rings. The van der Waals surface area contributed by atoms with Crippen LogP contribution in [0.2, 0.25) is 0 Å². The number of hydrogen-bond donors (Lipinski definition) is 1. The molecule has 1 aliphatic heterocycles. The molecule has 6 nitrogen and oxygen atoms in total. The minimum Gasteiger partial charge on any atom is -0.462 e. The molecular formula is C20H20N2O4. The number of carbonyl (C=O) groups is 3. The van der Waals surface area contributed by atoms with Crippen LogP contribution in [0.4, 0.5) is 5.69 Å². The third kappa shape index (κ3) is 3.74. The van der Waals surface area contributed by atoms with Crippen molar-refractivity contribution < 1.29 is 19.1 Å². The number of amides is 2. The van der Waals surface area contributed by atoms with Gasteiger partial charge >= 0.3 is 5.97 Å². The number of esters is 1. The van der Waals surface area contributed by atoms with Crippen LogP contribution in [0, 0.1) is 0 Å². The minimum absolute atomic E-state index is 0.0355. The van der Waals surface area contributed by atoms with Gasteiger partial charge in [0, 0.05) is 18.7 Å². The van der Waals surface area contributed by atoms with E-state index >= 15 is 0 Å². The van der Waals surface area contributed by atoms with E-state index in [0.717, 1.165) is 5.56 Å². The van der Waals surface area contributed by atoms with Crippen LogP contribution in [-0.4, -0.2) is 35.8 Å². The van der Waals surface area contributed by atoms with Gasteiger partial charge in [-0.1, -0.05) is 30.3 Å². The predicted octanol–water partition coefficient (Wildman–Crippen LogP) is 2.78. The van der Waals surface area contributed by atoms with Gasteiger partial charge in [-0.3, -0.25) is 9.59 Å². The predicted molar refractivity (Wildman–Crippen MR) is 96.5 cm³/mol. The molecule has 1 aliphatic rings. The lowest BCUT2D eigenvalue weighted by Crippen LogP contribution is -2.49. The zero-order valence-corrected chi connectivity index (χ0v) is 14.5. The van der Waals surface area contributed by atoms with Gasteiger partial charge in [-0.15, -0.1) is 0 Å². The van der Waals surface area contributed by atoms with Gasteiger partial charge in [-0.2, -0.15) is 0 Å². The van der Waals surface area contributed by atoms with Gasteiger partial charge in [0.05, 0.1) is 12.2 Å². The molecular weight excluding hydrogens is 332 g/mol. The van der Waals surface area contributed by atoms with E-state index in [2.05, 4.69) is 5.32 Å². The quantitative estimate of drug-likeness (QED) is 0.641. The van der Waals surface area contributed by atoms with E-state index in [1.165, 1.54) is 0 Å². The molecule has 1 heterocycles. The molecule has 2 amide bonds. The van der Waals surface area contributed by atoms with Crippen LogP contribution >= 0.6 is 0 Å².